The van der Waals surface area contributed by atoms with Gasteiger partial charge in [0.25, 0.3) is 0 Å². The number of amides is 1. The Hall–Kier alpha value is -0.620. The van der Waals surface area contributed by atoms with E-state index in [0.717, 1.165) is 6.42 Å². The second-order valence-corrected chi connectivity index (χ2v) is 4.82. The van der Waals surface area contributed by atoms with Gasteiger partial charge in [-0.1, -0.05) is 13.0 Å². The van der Waals surface area contributed by atoms with Crippen molar-refractivity contribution in [1.29, 1.82) is 0 Å². The van der Waals surface area contributed by atoms with Crippen LogP contribution in [0.3, 0.4) is 0 Å². The van der Waals surface area contributed by atoms with Gasteiger partial charge in [0.1, 0.15) is 0 Å². The van der Waals surface area contributed by atoms with Gasteiger partial charge in [-0.05, 0) is 17.9 Å². The lowest BCUT2D eigenvalue weighted by Crippen LogP contribution is -2.34. The van der Waals surface area contributed by atoms with Gasteiger partial charge in [-0.2, -0.15) is 0 Å². The van der Waals surface area contributed by atoms with E-state index in [-0.39, 0.29) is 30.5 Å². The van der Waals surface area contributed by atoms with Crippen molar-refractivity contribution in [2.75, 3.05) is 13.7 Å². The molecule has 0 aliphatic rings. The first-order valence-corrected chi connectivity index (χ1v) is 6.64. The van der Waals surface area contributed by atoms with Crippen LogP contribution in [0.25, 0.3) is 0 Å². The highest BCUT2D eigenvalue weighted by molar-refractivity contribution is 7.10. The van der Waals surface area contributed by atoms with Crippen LogP contribution in [0.2, 0.25) is 0 Å². The zero-order chi connectivity index (χ0) is 12.7. The van der Waals surface area contributed by atoms with E-state index in [4.69, 9.17) is 10.5 Å². The largest absolute Gasteiger partial charge is 0.380 e. The zero-order valence-corrected chi connectivity index (χ0v) is 12.4. The molecular formula is C12H21ClN2O2S. The fraction of sp³-hybridized carbons (Fsp3) is 0.583. The number of carbonyl (C=O) groups is 1. The molecule has 0 saturated heterocycles. The number of hydrogen-bond acceptors (Lipinski definition) is 4. The van der Waals surface area contributed by atoms with E-state index in [0.29, 0.717) is 13.0 Å². The van der Waals surface area contributed by atoms with Gasteiger partial charge in [-0.15, -0.1) is 23.7 Å². The molecule has 18 heavy (non-hydrogen) atoms. The van der Waals surface area contributed by atoms with Gasteiger partial charge in [0.05, 0.1) is 18.6 Å². The number of nitrogens with two attached hydrogens (primary N) is 1. The van der Waals surface area contributed by atoms with Crippen LogP contribution < -0.4 is 11.1 Å². The Kier molecular flexibility index (Phi) is 9.01. The molecule has 0 bridgehead atoms. The van der Waals surface area contributed by atoms with Gasteiger partial charge in [0.2, 0.25) is 5.91 Å². The first-order chi connectivity index (χ1) is 8.21. The Labute approximate surface area is 118 Å². The average Bonchev–Trinajstić information content (AvgIpc) is 2.86. The summed E-state index contributed by atoms with van der Waals surface area (Å²) in [5.74, 6) is -0.0115. The second kappa shape index (κ2) is 9.33. The normalized spacial score (nSPS) is 13.5. The van der Waals surface area contributed by atoms with Crippen LogP contribution in [0, 0.1) is 0 Å². The molecule has 1 amide bonds. The maximum Gasteiger partial charge on any atom is 0.223 e. The van der Waals surface area contributed by atoms with Crippen LogP contribution in [0.4, 0.5) is 0 Å². The third-order valence-corrected chi connectivity index (χ3v) is 3.63. The maximum absolute atomic E-state index is 11.8. The number of nitrogens with one attached hydrogen (secondary N) is 1. The van der Waals surface area contributed by atoms with Crippen molar-refractivity contribution in [1.82, 2.24) is 5.32 Å². The first-order valence-electron chi connectivity index (χ1n) is 5.76. The van der Waals surface area contributed by atoms with Crippen molar-refractivity contribution >= 4 is 29.7 Å². The Morgan fingerprint density at radius 1 is 1.61 bits per heavy atom. The van der Waals surface area contributed by atoms with Gasteiger partial charge < -0.3 is 15.8 Å². The summed E-state index contributed by atoms with van der Waals surface area (Å²) in [5, 5.41) is 5.02. The minimum Gasteiger partial charge on any atom is -0.380 e. The van der Waals surface area contributed by atoms with Crippen LogP contribution in [0.15, 0.2) is 17.5 Å². The molecule has 0 fully saturated rings. The molecule has 0 spiro atoms. The summed E-state index contributed by atoms with van der Waals surface area (Å²) in [7, 11) is 1.57. The zero-order valence-electron chi connectivity index (χ0n) is 10.7. The smallest absolute Gasteiger partial charge is 0.223 e. The van der Waals surface area contributed by atoms with Crippen LogP contribution in [0.1, 0.15) is 30.7 Å². The molecule has 4 nitrogen and oxygen atoms in total. The van der Waals surface area contributed by atoms with Gasteiger partial charge in [-0.3, -0.25) is 4.79 Å². The molecule has 0 saturated carbocycles. The van der Waals surface area contributed by atoms with Crippen molar-refractivity contribution in [3.63, 3.8) is 0 Å². The fourth-order valence-corrected chi connectivity index (χ4v) is 2.45. The van der Waals surface area contributed by atoms with Crippen LogP contribution >= 0.6 is 23.7 Å². The summed E-state index contributed by atoms with van der Waals surface area (Å²) in [5.41, 5.74) is 5.49. The van der Waals surface area contributed by atoms with E-state index in [1.165, 1.54) is 4.88 Å². The number of ether oxygens (including phenoxy) is 1. The molecule has 0 aliphatic carbocycles. The monoisotopic (exact) mass is 292 g/mol. The molecule has 1 aromatic heterocycles. The van der Waals surface area contributed by atoms with Gasteiger partial charge in [0, 0.05) is 18.5 Å². The number of hydrogen-bond donors (Lipinski definition) is 2. The molecule has 1 heterocycles. The van der Waals surface area contributed by atoms with E-state index >= 15 is 0 Å². The molecule has 2 atom stereocenters. The molecule has 1 aromatic rings. The molecule has 0 radical (unpaired) electrons. The highest BCUT2D eigenvalue weighted by atomic mass is 35.5. The third-order valence-electron chi connectivity index (χ3n) is 2.64. The standard InChI is InChI=1S/C12H20N2O2S.ClH/c1-3-10(11-5-4-6-17-11)14-12(15)7-9(8-13)16-2;/h4-6,9-10H,3,7-8,13H2,1-2H3,(H,14,15);1H. The molecule has 104 valence electrons. The molecule has 6 heteroatoms. The quantitative estimate of drug-likeness (QED) is 0.809. The molecule has 0 aromatic carbocycles. The topological polar surface area (TPSA) is 64.4 Å². The highest BCUT2D eigenvalue weighted by Crippen LogP contribution is 2.21. The van der Waals surface area contributed by atoms with Crippen LogP contribution in [-0.4, -0.2) is 25.7 Å². The number of methoxy groups -OCH3 is 1. The lowest BCUT2D eigenvalue weighted by molar-refractivity contribution is -0.124. The SMILES string of the molecule is CCC(NC(=O)CC(CN)OC)c1cccs1.Cl. The minimum atomic E-state index is -0.198. The highest BCUT2D eigenvalue weighted by Gasteiger charge is 2.16. The second-order valence-electron chi connectivity index (χ2n) is 3.84. The Balaban J connectivity index is 0.00000289. The summed E-state index contributed by atoms with van der Waals surface area (Å²) in [6.07, 6.45) is 0.998. The minimum absolute atomic E-state index is 0. The summed E-state index contributed by atoms with van der Waals surface area (Å²) in [6.45, 7) is 2.42. The number of thiophene rings is 1. The fourth-order valence-electron chi connectivity index (χ4n) is 1.59. The molecule has 3 N–H and O–H groups in total. The van der Waals surface area contributed by atoms with Crippen molar-refractivity contribution in [2.45, 2.75) is 31.9 Å². The Bertz CT molecular complexity index is 329. The van der Waals surface area contributed by atoms with Gasteiger partial charge in [-0.25, -0.2) is 0 Å². The van der Waals surface area contributed by atoms with Gasteiger partial charge in [0.15, 0.2) is 0 Å². The number of halogens is 1. The summed E-state index contributed by atoms with van der Waals surface area (Å²) >= 11 is 1.66. The number of carbonyl (C=O) groups excluding carboxylic acids is 1. The van der Waals surface area contributed by atoms with E-state index in [2.05, 4.69) is 12.2 Å². The molecule has 2 unspecified atom stereocenters. The molecular weight excluding hydrogens is 272 g/mol. The Morgan fingerprint density at radius 2 is 2.33 bits per heavy atom. The molecule has 0 aliphatic heterocycles. The van der Waals surface area contributed by atoms with E-state index < -0.39 is 0 Å². The van der Waals surface area contributed by atoms with Crippen molar-refractivity contribution in [2.24, 2.45) is 5.73 Å². The van der Waals surface area contributed by atoms with Gasteiger partial charge >= 0.3 is 0 Å². The predicted octanol–water partition coefficient (Wildman–Crippen LogP) is 2.10. The Morgan fingerprint density at radius 3 is 2.78 bits per heavy atom. The van der Waals surface area contributed by atoms with Crippen molar-refractivity contribution in [3.8, 4) is 0 Å². The maximum atomic E-state index is 11.8. The van der Waals surface area contributed by atoms with E-state index in [9.17, 15) is 4.79 Å². The summed E-state index contributed by atoms with van der Waals surface area (Å²) in [6, 6.07) is 4.13. The summed E-state index contributed by atoms with van der Waals surface area (Å²) in [4.78, 5) is 13.0. The first kappa shape index (κ1) is 17.4. The van der Waals surface area contributed by atoms with Crippen molar-refractivity contribution in [3.05, 3.63) is 22.4 Å². The lowest BCUT2D eigenvalue weighted by atomic mass is 10.1. The third kappa shape index (κ3) is 5.35. The van der Waals surface area contributed by atoms with E-state index in [1.807, 2.05) is 17.5 Å². The lowest BCUT2D eigenvalue weighted by Gasteiger charge is -2.18. The van der Waals surface area contributed by atoms with Crippen molar-refractivity contribution < 1.29 is 9.53 Å². The average molecular weight is 293 g/mol. The molecule has 1 rings (SSSR count). The van der Waals surface area contributed by atoms with Crippen LogP contribution in [0.5, 0.6) is 0 Å². The van der Waals surface area contributed by atoms with Crippen LogP contribution in [-0.2, 0) is 9.53 Å². The van der Waals surface area contributed by atoms with E-state index in [1.54, 1.807) is 18.4 Å². The number of rotatable bonds is 7. The summed E-state index contributed by atoms with van der Waals surface area (Å²) < 4.78 is 5.09. The predicted molar refractivity (Wildman–Crippen MR) is 77.2 cm³/mol.